The van der Waals surface area contributed by atoms with Crippen LogP contribution in [0.4, 0.5) is 0 Å². The standard InChI is InChI=1S/C45H36B7N5/c46-27-20-29-33-41-35(37(51)38(52)42(33)56(39(29)31(48)21-27)28-17-8-3-9-18-28)34-36(50)30(47)22-32(49)40(34)57(41)45-54-43(24-13-6-2-7-14-24)53-44(55-45)26-16-10-15-25(19-26)23-11-4-1-5-12-23/h1-22H,46-52H2. The molecule has 262 valence electrons. The molecule has 7 aromatic carbocycles. The molecule has 10 aromatic rings. The second-order valence-electron chi connectivity index (χ2n) is 15.6. The number of fused-ring (bicyclic) bond motifs is 7. The molecule has 0 spiro atoms. The van der Waals surface area contributed by atoms with E-state index in [0.29, 0.717) is 17.6 Å². The number of para-hydroxylation sites is 1. The first-order chi connectivity index (χ1) is 27.7. The predicted molar refractivity (Wildman–Crippen MR) is 262 cm³/mol. The zero-order valence-electron chi connectivity index (χ0n) is 33.4. The molecule has 3 aromatic heterocycles. The lowest BCUT2D eigenvalue weighted by Gasteiger charge is -2.15. The highest BCUT2D eigenvalue weighted by atomic mass is 15.2. The molecule has 0 N–H and O–H groups in total. The van der Waals surface area contributed by atoms with E-state index < -0.39 is 0 Å². The van der Waals surface area contributed by atoms with Crippen LogP contribution >= 0.6 is 0 Å². The number of hydrogen-bond acceptors (Lipinski definition) is 3. The number of hydrogen-bond donors (Lipinski definition) is 0. The summed E-state index contributed by atoms with van der Waals surface area (Å²) in [5, 5.41) is 4.94. The van der Waals surface area contributed by atoms with Gasteiger partial charge in [0.2, 0.25) is 5.95 Å². The van der Waals surface area contributed by atoms with Crippen LogP contribution in [0.2, 0.25) is 0 Å². The van der Waals surface area contributed by atoms with Gasteiger partial charge >= 0.3 is 0 Å². The quantitative estimate of drug-likeness (QED) is 0.212. The smallest absolute Gasteiger partial charge is 0.238 e. The topological polar surface area (TPSA) is 48.5 Å². The minimum absolute atomic E-state index is 0.602. The van der Waals surface area contributed by atoms with E-state index in [2.05, 4.69) is 179 Å². The maximum absolute atomic E-state index is 5.47. The van der Waals surface area contributed by atoms with Crippen LogP contribution in [0, 0.1) is 0 Å². The molecular weight excluding hydrogens is 686 g/mol. The summed E-state index contributed by atoms with van der Waals surface area (Å²) in [5.74, 6) is 1.87. The molecule has 57 heavy (non-hydrogen) atoms. The van der Waals surface area contributed by atoms with Gasteiger partial charge in [-0.05, 0) is 34.7 Å². The van der Waals surface area contributed by atoms with E-state index in [4.69, 9.17) is 15.0 Å². The third-order valence-corrected chi connectivity index (χ3v) is 12.0. The first-order valence-electron chi connectivity index (χ1n) is 19.7. The summed E-state index contributed by atoms with van der Waals surface area (Å²) < 4.78 is 4.85. The lowest BCUT2D eigenvalue weighted by atomic mass is 9.71. The number of benzene rings is 7. The van der Waals surface area contributed by atoms with Crippen LogP contribution < -0.4 is 38.2 Å². The summed E-state index contributed by atoms with van der Waals surface area (Å²) in [5.41, 5.74) is 18.7. The Hall–Kier alpha value is -6.40. The highest BCUT2D eigenvalue weighted by Gasteiger charge is 2.28. The molecule has 10 rings (SSSR count). The average molecular weight is 723 g/mol. The SMILES string of the molecule is Bc1cc(B)c2c(c1)c1c(c(B)c(B)c3c4c(B)c(B)cc(B)c4n(-c4nc(-c5ccccc5)nc(-c5cccc(-c6ccccc6)c5)n4)c31)n2-c1ccccc1. The zero-order chi connectivity index (χ0) is 39.1. The van der Waals surface area contributed by atoms with Gasteiger partial charge in [0.15, 0.2) is 11.6 Å². The van der Waals surface area contributed by atoms with Crippen LogP contribution in [0.5, 0.6) is 0 Å². The summed E-state index contributed by atoms with van der Waals surface area (Å²) >= 11 is 0. The summed E-state index contributed by atoms with van der Waals surface area (Å²) in [6.45, 7) is 0. The van der Waals surface area contributed by atoms with Crippen molar-refractivity contribution in [1.82, 2.24) is 24.1 Å². The lowest BCUT2D eigenvalue weighted by molar-refractivity contribution is 0.956. The molecular formula is C45H36B7N5. The highest BCUT2D eigenvalue weighted by molar-refractivity contribution is 6.64. The van der Waals surface area contributed by atoms with Gasteiger partial charge < -0.3 is 4.57 Å². The number of rotatable bonds is 5. The monoisotopic (exact) mass is 723 g/mol. The van der Waals surface area contributed by atoms with Crippen LogP contribution in [0.15, 0.2) is 133 Å². The van der Waals surface area contributed by atoms with E-state index in [-0.39, 0.29) is 0 Å². The molecule has 0 aliphatic carbocycles. The van der Waals surface area contributed by atoms with Crippen LogP contribution in [-0.2, 0) is 0 Å². The van der Waals surface area contributed by atoms with Crippen molar-refractivity contribution in [2.75, 3.05) is 0 Å². The molecule has 12 heteroatoms. The minimum atomic E-state index is 0.602. The molecule has 0 aliphatic heterocycles. The molecule has 0 aliphatic rings. The van der Waals surface area contributed by atoms with Gasteiger partial charge in [-0.15, -0.1) is 0 Å². The maximum atomic E-state index is 5.47. The average Bonchev–Trinajstić information content (AvgIpc) is 3.78. The van der Waals surface area contributed by atoms with Crippen molar-refractivity contribution in [3.05, 3.63) is 133 Å². The Bertz CT molecular complexity index is 3260. The fourth-order valence-electron chi connectivity index (χ4n) is 9.18. The molecule has 0 bridgehead atoms. The van der Waals surface area contributed by atoms with Crippen molar-refractivity contribution in [1.29, 1.82) is 0 Å². The fourth-order valence-corrected chi connectivity index (χ4v) is 9.18. The van der Waals surface area contributed by atoms with E-state index in [1.165, 1.54) is 70.8 Å². The van der Waals surface area contributed by atoms with Crippen molar-refractivity contribution in [2.24, 2.45) is 0 Å². The van der Waals surface area contributed by atoms with Crippen molar-refractivity contribution < 1.29 is 0 Å². The first kappa shape index (κ1) is 35.0. The van der Waals surface area contributed by atoms with Crippen molar-refractivity contribution in [2.45, 2.75) is 0 Å². The summed E-state index contributed by atoms with van der Waals surface area (Å²) in [4.78, 5) is 16.1. The summed E-state index contributed by atoms with van der Waals surface area (Å²) in [6, 6.07) is 47.1. The van der Waals surface area contributed by atoms with Crippen molar-refractivity contribution in [3.8, 4) is 45.5 Å². The van der Waals surface area contributed by atoms with Crippen LogP contribution in [0.3, 0.4) is 0 Å². The van der Waals surface area contributed by atoms with Crippen LogP contribution in [0.25, 0.3) is 89.2 Å². The summed E-state index contributed by atoms with van der Waals surface area (Å²) in [6.07, 6.45) is 0. The van der Waals surface area contributed by atoms with Crippen LogP contribution in [-0.4, -0.2) is 79.0 Å². The number of aromatic nitrogens is 5. The third-order valence-electron chi connectivity index (χ3n) is 12.0. The third kappa shape index (κ3) is 5.45. The van der Waals surface area contributed by atoms with E-state index in [9.17, 15) is 0 Å². The lowest BCUT2D eigenvalue weighted by Crippen LogP contribution is -2.33. The molecule has 5 nitrogen and oxygen atoms in total. The van der Waals surface area contributed by atoms with Gasteiger partial charge in [0.25, 0.3) is 0 Å². The zero-order valence-corrected chi connectivity index (χ0v) is 33.4. The first-order valence-corrected chi connectivity index (χ1v) is 19.7. The second kappa shape index (κ2) is 13.4. The van der Waals surface area contributed by atoms with Gasteiger partial charge in [0, 0.05) is 44.0 Å². The van der Waals surface area contributed by atoms with Crippen molar-refractivity contribution >= 4 is 137 Å². The van der Waals surface area contributed by atoms with Gasteiger partial charge in [0.1, 0.15) is 54.9 Å². The Balaban J connectivity index is 1.42. The Morgan fingerprint density at radius 3 is 1.65 bits per heavy atom. The number of nitrogens with zero attached hydrogens (tertiary/aromatic N) is 5. The van der Waals surface area contributed by atoms with E-state index in [0.717, 1.165) is 39.0 Å². The Labute approximate surface area is 338 Å². The predicted octanol–water partition coefficient (Wildman–Crippen LogP) is -1.12. The molecule has 0 unspecified atom stereocenters. The van der Waals surface area contributed by atoms with Gasteiger partial charge in [-0.25, -0.2) is 4.98 Å². The van der Waals surface area contributed by atoms with Gasteiger partial charge in [-0.1, -0.05) is 154 Å². The van der Waals surface area contributed by atoms with Crippen molar-refractivity contribution in [3.63, 3.8) is 0 Å². The Morgan fingerprint density at radius 2 is 0.947 bits per heavy atom. The molecule has 0 radical (unpaired) electrons. The van der Waals surface area contributed by atoms with E-state index >= 15 is 0 Å². The van der Waals surface area contributed by atoms with E-state index in [1.807, 2.05) is 18.2 Å². The molecule has 0 fully saturated rings. The van der Waals surface area contributed by atoms with Gasteiger partial charge in [0.05, 0.1) is 11.0 Å². The molecule has 0 amide bonds. The van der Waals surface area contributed by atoms with Gasteiger partial charge in [-0.2, -0.15) is 9.97 Å². The Kier molecular flexibility index (Phi) is 8.22. The molecule has 3 heterocycles. The summed E-state index contributed by atoms with van der Waals surface area (Å²) in [7, 11) is 15.8. The largest absolute Gasteiger partial charge is 0.310 e. The molecule has 0 saturated heterocycles. The second-order valence-corrected chi connectivity index (χ2v) is 15.6. The Morgan fingerprint density at radius 1 is 0.368 bits per heavy atom. The minimum Gasteiger partial charge on any atom is -0.310 e. The normalized spacial score (nSPS) is 11.6. The molecule has 0 saturated carbocycles. The maximum Gasteiger partial charge on any atom is 0.238 e. The molecule has 0 atom stereocenters. The van der Waals surface area contributed by atoms with Crippen LogP contribution in [0.1, 0.15) is 0 Å². The fraction of sp³-hybridized carbons (Fsp3) is 0. The highest BCUT2D eigenvalue weighted by Crippen LogP contribution is 2.39. The van der Waals surface area contributed by atoms with Gasteiger partial charge in [-0.3, -0.25) is 4.57 Å². The van der Waals surface area contributed by atoms with E-state index in [1.54, 1.807) is 0 Å².